The largest absolute Gasteiger partial charge is 0.495 e. The summed E-state index contributed by atoms with van der Waals surface area (Å²) in [6.07, 6.45) is 1.84. The maximum Gasteiger partial charge on any atom is 0.405 e. The number of halogens is 5. The molecule has 1 atom stereocenters. The molecule has 0 saturated carbocycles. The van der Waals surface area contributed by atoms with Gasteiger partial charge in [-0.2, -0.15) is 13.2 Å². The van der Waals surface area contributed by atoms with Gasteiger partial charge in [0.15, 0.2) is 6.10 Å². The van der Waals surface area contributed by atoms with E-state index in [4.69, 9.17) is 21.1 Å². The minimum atomic E-state index is -4.59. The molecule has 2 aromatic carbocycles. The van der Waals surface area contributed by atoms with Crippen LogP contribution in [-0.2, 0) is 27.6 Å². The number of fused-ring (bicyclic) bond motifs is 1. The van der Waals surface area contributed by atoms with Gasteiger partial charge < -0.3 is 20.1 Å². The number of hydrogen-bond acceptors (Lipinski definition) is 6. The Balaban J connectivity index is 1.94. The Kier molecular flexibility index (Phi) is 9.65. The molecule has 39 heavy (non-hydrogen) atoms. The third-order valence-electron chi connectivity index (χ3n) is 5.72. The van der Waals surface area contributed by atoms with Crippen molar-refractivity contribution < 1.29 is 36.0 Å². The number of amides is 1. The second-order valence-electron chi connectivity index (χ2n) is 9.39. The molecule has 2 aromatic rings. The number of alkyl halides is 3. The van der Waals surface area contributed by atoms with Crippen molar-refractivity contribution in [3.8, 4) is 11.5 Å². The van der Waals surface area contributed by atoms with E-state index in [1.165, 1.54) is 20.1 Å². The fourth-order valence-electron chi connectivity index (χ4n) is 3.82. The van der Waals surface area contributed by atoms with E-state index in [1.54, 1.807) is 24.0 Å². The molecule has 13 heteroatoms. The number of anilines is 1. The fourth-order valence-corrected chi connectivity index (χ4v) is 5.01. The molecule has 214 valence electrons. The summed E-state index contributed by atoms with van der Waals surface area (Å²) >= 11 is 6.80. The lowest BCUT2D eigenvalue weighted by Crippen LogP contribution is -2.41. The van der Waals surface area contributed by atoms with Crippen molar-refractivity contribution >= 4 is 39.0 Å². The van der Waals surface area contributed by atoms with Crippen molar-refractivity contribution in [2.45, 2.75) is 32.0 Å². The summed E-state index contributed by atoms with van der Waals surface area (Å²) in [7, 11) is -0.813. The van der Waals surface area contributed by atoms with Crippen molar-refractivity contribution in [1.82, 2.24) is 5.32 Å². The summed E-state index contributed by atoms with van der Waals surface area (Å²) in [4.78, 5) is 16.6. The molecular formula is C26H30ClF4N3O4S. The number of benzene rings is 2. The molecule has 1 heterocycles. The lowest BCUT2D eigenvalue weighted by atomic mass is 9.98. The standard InChI is InChI=1S/C26H30ClF4N3O4S/c1-15(25(35)33-14-26(29,30)31)38-20-13-18(28)7-8-19(20)34-24-21-16(6-5-10-32-24)12-17(9-11-39(3,4)36)23(37-2)22(21)27/h5,7-8,10,12-13,15,39H,6,9,11,14H2,1-4H3,(H,32,34)(H,33,35)/t15-/m1/s1. The van der Waals surface area contributed by atoms with Crippen molar-refractivity contribution in [3.05, 3.63) is 64.1 Å². The van der Waals surface area contributed by atoms with Crippen LogP contribution in [0.2, 0.25) is 5.02 Å². The van der Waals surface area contributed by atoms with Crippen LogP contribution in [0.4, 0.5) is 23.2 Å². The summed E-state index contributed by atoms with van der Waals surface area (Å²) < 4.78 is 74.9. The van der Waals surface area contributed by atoms with Gasteiger partial charge in [-0.15, -0.1) is 9.93 Å². The molecule has 0 fully saturated rings. The number of hydrogen-bond donors (Lipinski definition) is 3. The Morgan fingerprint density at radius 1 is 1.26 bits per heavy atom. The first-order chi connectivity index (χ1) is 18.2. The predicted octanol–water partition coefficient (Wildman–Crippen LogP) is 4.68. The fraction of sp³-hybridized carbons (Fsp3) is 0.385. The van der Waals surface area contributed by atoms with Gasteiger partial charge in [-0.25, -0.2) is 9.38 Å². The summed E-state index contributed by atoms with van der Waals surface area (Å²) in [5.74, 6) is -0.676. The zero-order chi connectivity index (χ0) is 29.0. The highest BCUT2D eigenvalue weighted by Crippen LogP contribution is 2.38. The number of aliphatic imine (C=N–C) groups is 1. The molecule has 0 spiro atoms. The SMILES string of the molecule is COc1c(CC[SH](C)(C)=O)cc2c(c1Cl)C(Nc1ccc(F)cc1O[C@H](C)C(=O)NCC(F)(F)F)=NC=CC2. The molecule has 0 aromatic heterocycles. The highest BCUT2D eigenvalue weighted by atomic mass is 35.5. The van der Waals surface area contributed by atoms with Gasteiger partial charge >= 0.3 is 6.18 Å². The van der Waals surface area contributed by atoms with E-state index in [0.717, 1.165) is 23.3 Å². The van der Waals surface area contributed by atoms with Crippen LogP contribution in [0.15, 0.2) is 41.5 Å². The van der Waals surface area contributed by atoms with E-state index in [0.29, 0.717) is 29.9 Å². The van der Waals surface area contributed by atoms with Crippen molar-refractivity contribution in [1.29, 1.82) is 0 Å². The molecule has 0 aliphatic carbocycles. The van der Waals surface area contributed by atoms with Gasteiger partial charge in [-0.3, -0.25) is 9.00 Å². The van der Waals surface area contributed by atoms with Crippen molar-refractivity contribution in [2.24, 2.45) is 4.99 Å². The summed E-state index contributed by atoms with van der Waals surface area (Å²) in [5.41, 5.74) is 2.32. The molecular weight excluding hydrogens is 562 g/mol. The van der Waals surface area contributed by atoms with E-state index < -0.39 is 40.5 Å². The van der Waals surface area contributed by atoms with Gasteiger partial charge in [0, 0.05) is 23.6 Å². The number of allylic oxidation sites excluding steroid dienone is 1. The van der Waals surface area contributed by atoms with E-state index in [1.807, 2.05) is 12.1 Å². The van der Waals surface area contributed by atoms with Gasteiger partial charge in [-0.05, 0) is 55.5 Å². The van der Waals surface area contributed by atoms with Crippen LogP contribution in [0.5, 0.6) is 11.5 Å². The van der Waals surface area contributed by atoms with Gasteiger partial charge in [0.1, 0.15) is 29.7 Å². The quantitative estimate of drug-likeness (QED) is 0.291. The molecule has 0 radical (unpaired) electrons. The Morgan fingerprint density at radius 3 is 2.62 bits per heavy atom. The van der Waals surface area contributed by atoms with Crippen molar-refractivity contribution in [2.75, 3.05) is 37.2 Å². The number of methoxy groups -OCH3 is 1. The number of carbonyl (C=O) groups excluding carboxylic acids is 1. The number of thiol groups is 1. The predicted molar refractivity (Wildman–Crippen MR) is 147 cm³/mol. The average molecular weight is 592 g/mol. The number of aryl methyl sites for hydroxylation is 1. The maximum absolute atomic E-state index is 14.1. The molecule has 3 rings (SSSR count). The minimum Gasteiger partial charge on any atom is -0.495 e. The Morgan fingerprint density at radius 2 is 1.97 bits per heavy atom. The normalized spacial score (nSPS) is 14.5. The number of nitrogens with zero attached hydrogens (tertiary/aromatic N) is 1. The summed E-state index contributed by atoms with van der Waals surface area (Å²) in [5, 5.41) is 5.06. The lowest BCUT2D eigenvalue weighted by Gasteiger charge is -2.22. The van der Waals surface area contributed by atoms with E-state index in [-0.39, 0.29) is 22.3 Å². The highest BCUT2D eigenvalue weighted by Gasteiger charge is 2.29. The van der Waals surface area contributed by atoms with E-state index >= 15 is 0 Å². The topological polar surface area (TPSA) is 89.0 Å². The lowest BCUT2D eigenvalue weighted by molar-refractivity contribution is -0.142. The van der Waals surface area contributed by atoms with Gasteiger partial charge in [0.25, 0.3) is 5.91 Å². The highest BCUT2D eigenvalue weighted by molar-refractivity contribution is 8.01. The number of carbonyl (C=O) groups is 1. The second kappa shape index (κ2) is 12.4. The Labute approximate surface area is 230 Å². The number of nitrogens with one attached hydrogen (secondary N) is 2. The Hall–Kier alpha value is -3.12. The molecule has 0 bridgehead atoms. The van der Waals surface area contributed by atoms with Gasteiger partial charge in [-0.1, -0.05) is 23.7 Å². The first-order valence-corrected chi connectivity index (χ1v) is 15.1. The van der Waals surface area contributed by atoms with Crippen LogP contribution in [0.25, 0.3) is 0 Å². The molecule has 1 aliphatic heterocycles. The smallest absolute Gasteiger partial charge is 0.405 e. The number of ether oxygens (including phenoxy) is 2. The van der Waals surface area contributed by atoms with Gasteiger partial charge in [0.2, 0.25) is 0 Å². The van der Waals surface area contributed by atoms with Gasteiger partial charge in [0.05, 0.1) is 17.8 Å². The second-order valence-corrected chi connectivity index (χ2v) is 13.4. The summed E-state index contributed by atoms with van der Waals surface area (Å²) in [6.45, 7) is -0.277. The summed E-state index contributed by atoms with van der Waals surface area (Å²) in [6, 6.07) is 5.42. The molecule has 1 aliphatic rings. The number of rotatable bonds is 9. The first kappa shape index (κ1) is 30.4. The van der Waals surface area contributed by atoms with E-state index in [9.17, 15) is 26.6 Å². The van der Waals surface area contributed by atoms with Crippen LogP contribution < -0.4 is 20.1 Å². The van der Waals surface area contributed by atoms with Crippen LogP contribution in [0.1, 0.15) is 23.6 Å². The monoisotopic (exact) mass is 591 g/mol. The minimum absolute atomic E-state index is 0.122. The Bertz CT molecular complexity index is 1340. The molecule has 0 unspecified atom stereocenters. The molecule has 2 N–H and O–H groups in total. The zero-order valence-corrected chi connectivity index (χ0v) is 23.4. The third kappa shape index (κ3) is 8.43. The van der Waals surface area contributed by atoms with Crippen LogP contribution in [0.3, 0.4) is 0 Å². The molecule has 0 saturated heterocycles. The van der Waals surface area contributed by atoms with Crippen molar-refractivity contribution in [3.63, 3.8) is 0 Å². The average Bonchev–Trinajstić information content (AvgIpc) is 3.04. The zero-order valence-electron chi connectivity index (χ0n) is 21.8. The molecule has 1 amide bonds. The van der Waals surface area contributed by atoms with Crippen LogP contribution in [-0.4, -0.2) is 60.2 Å². The van der Waals surface area contributed by atoms with Crippen LogP contribution >= 0.6 is 11.6 Å². The molecule has 7 nitrogen and oxygen atoms in total. The third-order valence-corrected chi connectivity index (χ3v) is 7.38. The number of amidine groups is 1. The first-order valence-electron chi connectivity index (χ1n) is 11.9. The van der Waals surface area contributed by atoms with E-state index in [2.05, 4.69) is 10.3 Å². The van der Waals surface area contributed by atoms with Crippen LogP contribution in [0, 0.1) is 5.82 Å². The maximum atomic E-state index is 14.1.